The molecule has 3 N–H and O–H groups in total. The first kappa shape index (κ1) is 14.4. The van der Waals surface area contributed by atoms with E-state index in [0.717, 1.165) is 12.5 Å². The largest absolute Gasteiger partial charge is 0.397 e. The van der Waals surface area contributed by atoms with E-state index in [1.807, 2.05) is 0 Å². The van der Waals surface area contributed by atoms with E-state index in [-0.39, 0.29) is 6.61 Å². The molecule has 2 heteroatoms. The molecule has 0 rings (SSSR count). The van der Waals surface area contributed by atoms with Crippen molar-refractivity contribution >= 4 is 0 Å². The Labute approximate surface area is 77.2 Å². The van der Waals surface area contributed by atoms with Gasteiger partial charge < -0.3 is 10.8 Å². The summed E-state index contributed by atoms with van der Waals surface area (Å²) in [6.07, 6.45) is 5.21. The van der Waals surface area contributed by atoms with Crippen LogP contribution in [0.25, 0.3) is 0 Å². The van der Waals surface area contributed by atoms with E-state index in [4.69, 9.17) is 10.8 Å². The van der Waals surface area contributed by atoms with Gasteiger partial charge in [0.05, 0.1) is 0 Å². The first-order valence-electron chi connectivity index (χ1n) is 5.07. The van der Waals surface area contributed by atoms with Crippen LogP contribution in [0.15, 0.2) is 0 Å². The van der Waals surface area contributed by atoms with Crippen molar-refractivity contribution in [2.75, 3.05) is 13.2 Å². The van der Waals surface area contributed by atoms with Crippen LogP contribution in [0.2, 0.25) is 0 Å². The Kier molecular flexibility index (Phi) is 16.3. The quantitative estimate of drug-likeness (QED) is 0.672. The maximum Gasteiger partial charge on any atom is 0.0402 e. The van der Waals surface area contributed by atoms with Gasteiger partial charge in [0, 0.05) is 6.61 Å². The predicted molar refractivity (Wildman–Crippen MR) is 55.1 cm³/mol. The monoisotopic (exact) mass is 175 g/mol. The highest BCUT2D eigenvalue weighted by Crippen LogP contribution is 2.09. The molecular weight excluding hydrogens is 150 g/mol. The molecule has 0 aliphatic carbocycles. The number of aliphatic hydroxyl groups excluding tert-OH is 1. The van der Waals surface area contributed by atoms with E-state index in [1.54, 1.807) is 6.92 Å². The molecule has 0 aromatic carbocycles. The maximum absolute atomic E-state index is 7.57. The zero-order valence-corrected chi connectivity index (χ0v) is 8.84. The summed E-state index contributed by atoms with van der Waals surface area (Å²) in [6, 6.07) is 0. The lowest BCUT2D eigenvalue weighted by Gasteiger charge is -2.09. The number of nitrogens with two attached hydrogens (primary N) is 1. The molecule has 76 valence electrons. The lowest BCUT2D eigenvalue weighted by Crippen LogP contribution is -2.12. The highest BCUT2D eigenvalue weighted by atomic mass is 16.2. The standard InChI is InChI=1S/C8H19N.C2H6O/c1-3-5-6-8(4-2)7-9;1-2-3/h8H,3-7,9H2,1-2H3;3H,2H2,1H3. The summed E-state index contributed by atoms with van der Waals surface area (Å²) in [5, 5.41) is 7.57. The van der Waals surface area contributed by atoms with E-state index in [2.05, 4.69) is 13.8 Å². The Bertz CT molecular complexity index is 62.9. The van der Waals surface area contributed by atoms with Gasteiger partial charge >= 0.3 is 0 Å². The average molecular weight is 175 g/mol. The highest BCUT2D eigenvalue weighted by molar-refractivity contribution is 4.56. The molecule has 0 aliphatic rings. The minimum absolute atomic E-state index is 0.250. The van der Waals surface area contributed by atoms with Gasteiger partial charge in [0.1, 0.15) is 0 Å². The first-order valence-corrected chi connectivity index (χ1v) is 5.07. The summed E-state index contributed by atoms with van der Waals surface area (Å²) in [6.45, 7) is 7.24. The Hall–Kier alpha value is -0.0800. The van der Waals surface area contributed by atoms with Crippen molar-refractivity contribution in [2.24, 2.45) is 11.7 Å². The molecule has 1 unspecified atom stereocenters. The van der Waals surface area contributed by atoms with Crippen LogP contribution >= 0.6 is 0 Å². The van der Waals surface area contributed by atoms with Gasteiger partial charge in [-0.05, 0) is 25.8 Å². The molecule has 0 aromatic heterocycles. The summed E-state index contributed by atoms with van der Waals surface area (Å²) in [7, 11) is 0. The second-order valence-corrected chi connectivity index (χ2v) is 2.97. The summed E-state index contributed by atoms with van der Waals surface area (Å²) in [5.41, 5.74) is 5.52. The van der Waals surface area contributed by atoms with Crippen molar-refractivity contribution in [3.63, 3.8) is 0 Å². The van der Waals surface area contributed by atoms with Gasteiger partial charge in [0.2, 0.25) is 0 Å². The molecule has 2 nitrogen and oxygen atoms in total. The predicted octanol–water partition coefficient (Wildman–Crippen LogP) is 2.16. The second-order valence-electron chi connectivity index (χ2n) is 2.97. The number of aliphatic hydroxyl groups is 1. The summed E-state index contributed by atoms with van der Waals surface area (Å²) in [4.78, 5) is 0. The van der Waals surface area contributed by atoms with E-state index in [0.29, 0.717) is 0 Å². The van der Waals surface area contributed by atoms with Crippen molar-refractivity contribution in [2.45, 2.75) is 46.5 Å². The van der Waals surface area contributed by atoms with Crippen LogP contribution in [-0.2, 0) is 0 Å². The average Bonchev–Trinajstić information content (AvgIpc) is 2.08. The van der Waals surface area contributed by atoms with E-state index >= 15 is 0 Å². The van der Waals surface area contributed by atoms with Gasteiger partial charge in [-0.3, -0.25) is 0 Å². The van der Waals surface area contributed by atoms with Crippen LogP contribution in [0.3, 0.4) is 0 Å². The van der Waals surface area contributed by atoms with Crippen LogP contribution < -0.4 is 5.73 Å². The van der Waals surface area contributed by atoms with Crippen molar-refractivity contribution in [1.82, 2.24) is 0 Å². The van der Waals surface area contributed by atoms with Gasteiger partial charge in [-0.1, -0.05) is 33.1 Å². The summed E-state index contributed by atoms with van der Waals surface area (Å²) in [5.74, 6) is 0.782. The molecule has 0 saturated carbocycles. The molecule has 0 aromatic rings. The van der Waals surface area contributed by atoms with Crippen LogP contribution in [0, 0.1) is 5.92 Å². The van der Waals surface area contributed by atoms with Crippen molar-refractivity contribution in [3.05, 3.63) is 0 Å². The molecular formula is C10H25NO. The van der Waals surface area contributed by atoms with Gasteiger partial charge in [-0.25, -0.2) is 0 Å². The van der Waals surface area contributed by atoms with Crippen molar-refractivity contribution in [1.29, 1.82) is 0 Å². The third-order valence-electron chi connectivity index (χ3n) is 1.88. The fourth-order valence-corrected chi connectivity index (χ4v) is 0.981. The van der Waals surface area contributed by atoms with Gasteiger partial charge in [-0.15, -0.1) is 0 Å². The molecule has 1 atom stereocenters. The fourth-order valence-electron chi connectivity index (χ4n) is 0.981. The normalized spacial score (nSPS) is 11.8. The molecule has 0 radical (unpaired) electrons. The molecule has 0 amide bonds. The molecule has 0 saturated heterocycles. The number of unbranched alkanes of at least 4 members (excludes halogenated alkanes) is 1. The summed E-state index contributed by atoms with van der Waals surface area (Å²) < 4.78 is 0. The lowest BCUT2D eigenvalue weighted by atomic mass is 10.00. The van der Waals surface area contributed by atoms with E-state index in [1.165, 1.54) is 25.7 Å². The minimum atomic E-state index is 0.250. The van der Waals surface area contributed by atoms with Crippen LogP contribution in [0.1, 0.15) is 46.5 Å². The molecule has 0 heterocycles. The van der Waals surface area contributed by atoms with Crippen LogP contribution in [-0.4, -0.2) is 18.3 Å². The molecule has 0 aliphatic heterocycles. The number of hydrogen-bond acceptors (Lipinski definition) is 2. The molecule has 0 fully saturated rings. The zero-order chi connectivity index (χ0) is 9.82. The Morgan fingerprint density at radius 2 is 1.75 bits per heavy atom. The van der Waals surface area contributed by atoms with Crippen LogP contribution in [0.5, 0.6) is 0 Å². The number of hydrogen-bond donors (Lipinski definition) is 2. The van der Waals surface area contributed by atoms with Gasteiger partial charge in [-0.2, -0.15) is 0 Å². The maximum atomic E-state index is 7.57. The third kappa shape index (κ3) is 12.6. The smallest absolute Gasteiger partial charge is 0.0402 e. The van der Waals surface area contributed by atoms with E-state index < -0.39 is 0 Å². The highest BCUT2D eigenvalue weighted by Gasteiger charge is 2.00. The second kappa shape index (κ2) is 13.5. The molecule has 0 bridgehead atoms. The number of rotatable bonds is 5. The van der Waals surface area contributed by atoms with E-state index in [9.17, 15) is 0 Å². The fraction of sp³-hybridized carbons (Fsp3) is 1.00. The topological polar surface area (TPSA) is 46.2 Å². The van der Waals surface area contributed by atoms with Gasteiger partial charge in [0.15, 0.2) is 0 Å². The third-order valence-corrected chi connectivity index (χ3v) is 1.88. The minimum Gasteiger partial charge on any atom is -0.397 e. The zero-order valence-electron chi connectivity index (χ0n) is 8.84. The first-order chi connectivity index (χ1) is 5.76. The Balaban J connectivity index is 0. The van der Waals surface area contributed by atoms with Crippen molar-refractivity contribution in [3.8, 4) is 0 Å². The summed E-state index contributed by atoms with van der Waals surface area (Å²) >= 11 is 0. The SMILES string of the molecule is CCCCC(CC)CN.CCO. The molecule has 0 spiro atoms. The molecule has 12 heavy (non-hydrogen) atoms. The lowest BCUT2D eigenvalue weighted by molar-refractivity contribution is 0.318. The van der Waals surface area contributed by atoms with Gasteiger partial charge in [0.25, 0.3) is 0 Å². The van der Waals surface area contributed by atoms with Crippen molar-refractivity contribution < 1.29 is 5.11 Å². The van der Waals surface area contributed by atoms with Crippen LogP contribution in [0.4, 0.5) is 0 Å². The Morgan fingerprint density at radius 1 is 1.25 bits per heavy atom. The Morgan fingerprint density at radius 3 is 2.00 bits per heavy atom.